The lowest BCUT2D eigenvalue weighted by Gasteiger charge is -2.30. The van der Waals surface area contributed by atoms with Crippen molar-refractivity contribution in [3.8, 4) is 24.2 Å². The van der Waals surface area contributed by atoms with E-state index in [1.54, 1.807) is 13.2 Å². The molecule has 1 fully saturated rings. The molecule has 0 aliphatic carbocycles. The number of nitrogens with zero attached hydrogens (tertiary/aromatic N) is 5. The molecule has 126 valence electrons. The van der Waals surface area contributed by atoms with E-state index in [0.717, 1.165) is 31.6 Å². The molecular weight excluding hydrogens is 334 g/mol. The number of aromatic nitrogens is 3. The van der Waals surface area contributed by atoms with Gasteiger partial charge in [-0.05, 0) is 36.9 Å². The zero-order valence-electron chi connectivity index (χ0n) is 13.9. The number of nitriles is 1. The van der Waals surface area contributed by atoms with Crippen LogP contribution >= 0.6 is 11.8 Å². The highest BCUT2D eigenvalue weighted by Gasteiger charge is 2.21. The second-order valence-corrected chi connectivity index (χ2v) is 6.55. The first-order valence-electron chi connectivity index (χ1n) is 7.95. The van der Waals surface area contributed by atoms with Crippen LogP contribution in [0.1, 0.15) is 30.7 Å². The molecule has 0 spiro atoms. The van der Waals surface area contributed by atoms with E-state index in [1.165, 1.54) is 24.5 Å². The fourth-order valence-corrected chi connectivity index (χ4v) is 3.58. The van der Waals surface area contributed by atoms with Crippen molar-refractivity contribution in [1.29, 1.82) is 5.26 Å². The lowest BCUT2D eigenvalue weighted by atomic mass is 10.1. The first-order valence-corrected chi connectivity index (χ1v) is 8.77. The van der Waals surface area contributed by atoms with Crippen LogP contribution in [-0.4, -0.2) is 35.2 Å². The highest BCUT2D eigenvalue weighted by Crippen LogP contribution is 2.37. The summed E-state index contributed by atoms with van der Waals surface area (Å²) in [7, 11) is 1.63. The molecule has 2 aromatic heterocycles. The third-order valence-electron chi connectivity index (χ3n) is 3.93. The molecule has 0 atom stereocenters. The SMILES string of the molecule is C#Cc1nc(Sc2cc(C#N)ncn2)cc(OC)c1N1CCCCC1. The maximum Gasteiger partial charge on any atom is 0.147 e. The van der Waals surface area contributed by atoms with E-state index in [0.29, 0.717) is 27.2 Å². The Morgan fingerprint density at radius 2 is 2.00 bits per heavy atom. The maximum atomic E-state index is 8.96. The van der Waals surface area contributed by atoms with Gasteiger partial charge in [0.2, 0.25) is 0 Å². The summed E-state index contributed by atoms with van der Waals surface area (Å²) in [5.74, 6) is 3.40. The number of ether oxygens (including phenoxy) is 1. The van der Waals surface area contributed by atoms with Crippen LogP contribution in [0.15, 0.2) is 28.5 Å². The summed E-state index contributed by atoms with van der Waals surface area (Å²) < 4.78 is 5.59. The first-order chi connectivity index (χ1) is 12.2. The highest BCUT2D eigenvalue weighted by atomic mass is 32.2. The molecular formula is C18H17N5OS. The molecule has 0 N–H and O–H groups in total. The van der Waals surface area contributed by atoms with Crippen molar-refractivity contribution < 1.29 is 4.74 Å². The van der Waals surface area contributed by atoms with Gasteiger partial charge in [0, 0.05) is 25.2 Å². The fraction of sp³-hybridized carbons (Fsp3) is 0.333. The molecule has 0 saturated carbocycles. The van der Waals surface area contributed by atoms with Gasteiger partial charge < -0.3 is 9.64 Å². The van der Waals surface area contributed by atoms with Crippen molar-refractivity contribution in [2.45, 2.75) is 29.3 Å². The van der Waals surface area contributed by atoms with E-state index in [1.807, 2.05) is 12.1 Å². The Labute approximate surface area is 151 Å². The van der Waals surface area contributed by atoms with E-state index in [4.69, 9.17) is 16.4 Å². The normalized spacial score (nSPS) is 13.8. The average molecular weight is 351 g/mol. The number of pyridine rings is 1. The minimum Gasteiger partial charge on any atom is -0.494 e. The average Bonchev–Trinajstić information content (AvgIpc) is 2.68. The van der Waals surface area contributed by atoms with Crippen molar-refractivity contribution in [2.75, 3.05) is 25.1 Å². The molecule has 0 aromatic carbocycles. The van der Waals surface area contributed by atoms with E-state index in [-0.39, 0.29) is 0 Å². The molecule has 1 aliphatic rings. The topological polar surface area (TPSA) is 74.9 Å². The lowest BCUT2D eigenvalue weighted by Crippen LogP contribution is -2.30. The van der Waals surface area contributed by atoms with E-state index in [9.17, 15) is 0 Å². The van der Waals surface area contributed by atoms with Gasteiger partial charge in [0.15, 0.2) is 0 Å². The predicted octanol–water partition coefficient (Wildman–Crippen LogP) is 2.87. The largest absolute Gasteiger partial charge is 0.494 e. The van der Waals surface area contributed by atoms with Gasteiger partial charge in [-0.25, -0.2) is 15.0 Å². The molecule has 7 heteroatoms. The fourth-order valence-electron chi connectivity index (χ4n) is 2.79. The number of hydrogen-bond acceptors (Lipinski definition) is 7. The van der Waals surface area contributed by atoms with Gasteiger partial charge in [-0.3, -0.25) is 0 Å². The summed E-state index contributed by atoms with van der Waals surface area (Å²) in [6.45, 7) is 1.91. The molecule has 3 heterocycles. The van der Waals surface area contributed by atoms with Crippen LogP contribution in [0.5, 0.6) is 5.75 Å². The number of anilines is 1. The molecule has 0 radical (unpaired) electrons. The Balaban J connectivity index is 1.96. The molecule has 1 saturated heterocycles. The van der Waals surface area contributed by atoms with Gasteiger partial charge in [-0.1, -0.05) is 0 Å². The summed E-state index contributed by atoms with van der Waals surface area (Å²) in [4.78, 5) is 14.9. The minimum atomic E-state index is 0.312. The molecule has 6 nitrogen and oxygen atoms in total. The second kappa shape index (κ2) is 7.87. The molecule has 25 heavy (non-hydrogen) atoms. The predicted molar refractivity (Wildman–Crippen MR) is 95.7 cm³/mol. The van der Waals surface area contributed by atoms with Gasteiger partial charge >= 0.3 is 0 Å². The highest BCUT2D eigenvalue weighted by molar-refractivity contribution is 7.99. The summed E-state index contributed by atoms with van der Waals surface area (Å²) >= 11 is 1.32. The van der Waals surface area contributed by atoms with Gasteiger partial charge in [0.25, 0.3) is 0 Å². The van der Waals surface area contributed by atoms with Crippen molar-refractivity contribution in [3.63, 3.8) is 0 Å². The molecule has 3 rings (SSSR count). The van der Waals surface area contributed by atoms with Crippen molar-refractivity contribution >= 4 is 17.4 Å². The van der Waals surface area contributed by atoms with Crippen LogP contribution in [0.3, 0.4) is 0 Å². The summed E-state index contributed by atoms with van der Waals surface area (Å²) in [5, 5.41) is 10.3. The number of hydrogen-bond donors (Lipinski definition) is 0. The second-order valence-electron chi connectivity index (χ2n) is 5.51. The number of rotatable bonds is 4. The van der Waals surface area contributed by atoms with E-state index in [2.05, 4.69) is 25.8 Å². The van der Waals surface area contributed by atoms with Crippen molar-refractivity contribution in [2.24, 2.45) is 0 Å². The van der Waals surface area contributed by atoms with Gasteiger partial charge in [-0.2, -0.15) is 5.26 Å². The molecule has 0 amide bonds. The van der Waals surface area contributed by atoms with Gasteiger partial charge in [-0.15, -0.1) is 6.42 Å². The Morgan fingerprint density at radius 1 is 1.20 bits per heavy atom. The van der Waals surface area contributed by atoms with Crippen LogP contribution in [0.2, 0.25) is 0 Å². The van der Waals surface area contributed by atoms with Gasteiger partial charge in [0.1, 0.15) is 45.3 Å². The summed E-state index contributed by atoms with van der Waals surface area (Å²) in [6.07, 6.45) is 10.6. The van der Waals surface area contributed by atoms with Crippen LogP contribution in [-0.2, 0) is 0 Å². The quantitative estimate of drug-likeness (QED) is 0.619. The minimum absolute atomic E-state index is 0.312. The summed E-state index contributed by atoms with van der Waals surface area (Å²) in [5.41, 5.74) is 1.76. The van der Waals surface area contributed by atoms with Gasteiger partial charge in [0.05, 0.1) is 7.11 Å². The maximum absolute atomic E-state index is 8.96. The smallest absolute Gasteiger partial charge is 0.147 e. The standard InChI is InChI=1S/C18H17N5OS/c1-3-14-18(23-7-5-4-6-8-23)15(24-2)10-17(22-14)25-16-9-13(11-19)20-12-21-16/h1,9-10,12H,4-8H2,2H3. The molecule has 0 bridgehead atoms. The van der Waals surface area contributed by atoms with Crippen LogP contribution in [0.25, 0.3) is 0 Å². The number of terminal acetylenes is 1. The first kappa shape index (κ1) is 17.1. The Bertz CT molecular complexity index is 850. The van der Waals surface area contributed by atoms with E-state index >= 15 is 0 Å². The lowest BCUT2D eigenvalue weighted by molar-refractivity contribution is 0.410. The van der Waals surface area contributed by atoms with E-state index < -0.39 is 0 Å². The number of piperidine rings is 1. The van der Waals surface area contributed by atoms with Crippen LogP contribution < -0.4 is 9.64 Å². The van der Waals surface area contributed by atoms with Crippen LogP contribution in [0, 0.1) is 23.7 Å². The molecule has 1 aliphatic heterocycles. The zero-order chi connectivity index (χ0) is 17.6. The Kier molecular flexibility index (Phi) is 5.37. The third kappa shape index (κ3) is 3.84. The third-order valence-corrected chi connectivity index (χ3v) is 4.78. The molecule has 0 unspecified atom stereocenters. The van der Waals surface area contributed by atoms with Crippen molar-refractivity contribution in [1.82, 2.24) is 15.0 Å². The number of methoxy groups -OCH3 is 1. The monoisotopic (exact) mass is 351 g/mol. The molecule has 2 aromatic rings. The van der Waals surface area contributed by atoms with Crippen molar-refractivity contribution in [3.05, 3.63) is 29.8 Å². The Hall–Kier alpha value is -2.77. The summed E-state index contributed by atoms with van der Waals surface area (Å²) in [6, 6.07) is 5.48. The Morgan fingerprint density at radius 3 is 2.68 bits per heavy atom. The zero-order valence-corrected chi connectivity index (χ0v) is 14.7. The van der Waals surface area contributed by atoms with Crippen LogP contribution in [0.4, 0.5) is 5.69 Å².